The first-order valence-electron chi connectivity index (χ1n) is 8.65. The highest BCUT2D eigenvalue weighted by atomic mass is 35.5. The largest absolute Gasteiger partial charge is 0.495 e. The van der Waals surface area contributed by atoms with Gasteiger partial charge in [0.1, 0.15) is 15.3 Å². The van der Waals surface area contributed by atoms with Crippen LogP contribution in [0.4, 0.5) is 5.69 Å². The van der Waals surface area contributed by atoms with Crippen LogP contribution in [-0.2, 0) is 4.79 Å². The number of thiocarbonyl (C=S) groups is 1. The van der Waals surface area contributed by atoms with E-state index < -0.39 is 5.25 Å². The normalized spacial score (nSPS) is 11.6. The maximum Gasteiger partial charge on any atom is 0.242 e. The molecule has 0 spiro atoms. The molecule has 0 aromatic heterocycles. The number of carbonyl (C=O) groups is 1. The first kappa shape index (κ1) is 21.5. The lowest BCUT2D eigenvalue weighted by Gasteiger charge is -2.24. The maximum atomic E-state index is 13.0. The second-order valence-corrected chi connectivity index (χ2v) is 7.83. The molecule has 144 valence electrons. The summed E-state index contributed by atoms with van der Waals surface area (Å²) in [6.45, 7) is 5.71. The molecule has 0 aliphatic heterocycles. The van der Waals surface area contributed by atoms with Crippen LogP contribution in [0.5, 0.6) is 5.75 Å². The predicted octanol–water partition coefficient (Wildman–Crippen LogP) is 5.39. The molecule has 1 unspecified atom stereocenters. The fourth-order valence-corrected chi connectivity index (χ4v) is 4.38. The highest BCUT2D eigenvalue weighted by molar-refractivity contribution is 8.23. The zero-order valence-electron chi connectivity index (χ0n) is 15.6. The summed E-state index contributed by atoms with van der Waals surface area (Å²) >= 11 is 13.1. The molecule has 0 saturated carbocycles. The lowest BCUT2D eigenvalue weighted by Crippen LogP contribution is -2.29. The molecule has 4 nitrogen and oxygen atoms in total. The second-order valence-electron chi connectivity index (χ2n) is 5.69. The van der Waals surface area contributed by atoms with E-state index in [1.54, 1.807) is 25.3 Å². The van der Waals surface area contributed by atoms with Crippen molar-refractivity contribution in [2.45, 2.75) is 19.1 Å². The number of nitrogens with one attached hydrogen (secondary N) is 1. The molecular weight excluding hydrogens is 400 g/mol. The Bertz CT molecular complexity index is 783. The van der Waals surface area contributed by atoms with Crippen LogP contribution in [0.15, 0.2) is 48.5 Å². The van der Waals surface area contributed by atoms with Crippen LogP contribution in [0.2, 0.25) is 5.02 Å². The third kappa shape index (κ3) is 5.86. The lowest BCUT2D eigenvalue weighted by atomic mass is 10.1. The predicted molar refractivity (Wildman–Crippen MR) is 119 cm³/mol. The topological polar surface area (TPSA) is 41.6 Å². The van der Waals surface area contributed by atoms with E-state index in [9.17, 15) is 4.79 Å². The molecule has 0 heterocycles. The van der Waals surface area contributed by atoms with Gasteiger partial charge in [0, 0.05) is 18.8 Å². The Kier molecular flexibility index (Phi) is 8.41. The van der Waals surface area contributed by atoms with Gasteiger partial charge in [-0.3, -0.25) is 4.79 Å². The Balaban J connectivity index is 2.23. The molecule has 0 bridgehead atoms. The van der Waals surface area contributed by atoms with E-state index in [0.717, 1.165) is 18.7 Å². The number of rotatable bonds is 7. The van der Waals surface area contributed by atoms with Gasteiger partial charge in [0.25, 0.3) is 0 Å². The molecule has 7 heteroatoms. The van der Waals surface area contributed by atoms with Crippen molar-refractivity contribution in [1.29, 1.82) is 0 Å². The Hall–Kier alpha value is -1.76. The number of carbonyl (C=O) groups excluding carboxylic acids is 1. The average Bonchev–Trinajstić information content (AvgIpc) is 2.68. The maximum absolute atomic E-state index is 13.0. The van der Waals surface area contributed by atoms with Crippen LogP contribution in [0.1, 0.15) is 24.7 Å². The van der Waals surface area contributed by atoms with Crippen molar-refractivity contribution >= 4 is 51.5 Å². The fourth-order valence-electron chi connectivity index (χ4n) is 2.51. The third-order valence-electron chi connectivity index (χ3n) is 4.00. The summed E-state index contributed by atoms with van der Waals surface area (Å²) in [5.41, 5.74) is 1.51. The quantitative estimate of drug-likeness (QED) is 0.606. The molecule has 2 rings (SSSR count). The summed E-state index contributed by atoms with van der Waals surface area (Å²) in [5, 5.41) is 2.92. The summed E-state index contributed by atoms with van der Waals surface area (Å²) in [6, 6.07) is 14.8. The Morgan fingerprint density at radius 3 is 2.44 bits per heavy atom. The zero-order valence-corrected chi connectivity index (χ0v) is 18.0. The van der Waals surface area contributed by atoms with Crippen molar-refractivity contribution in [2.24, 2.45) is 0 Å². The van der Waals surface area contributed by atoms with E-state index in [4.69, 9.17) is 28.6 Å². The first-order chi connectivity index (χ1) is 13.0. The van der Waals surface area contributed by atoms with Gasteiger partial charge in [-0.05, 0) is 37.6 Å². The summed E-state index contributed by atoms with van der Waals surface area (Å²) in [7, 11) is 1.55. The van der Waals surface area contributed by atoms with Gasteiger partial charge >= 0.3 is 0 Å². The Labute approximate surface area is 175 Å². The first-order valence-corrected chi connectivity index (χ1v) is 10.3. The number of thioether (sulfide) groups is 1. The van der Waals surface area contributed by atoms with Crippen molar-refractivity contribution < 1.29 is 9.53 Å². The molecule has 1 amide bonds. The van der Waals surface area contributed by atoms with Gasteiger partial charge in [-0.2, -0.15) is 0 Å². The highest BCUT2D eigenvalue weighted by Crippen LogP contribution is 2.33. The summed E-state index contributed by atoms with van der Waals surface area (Å²) in [5.74, 6) is 0.410. The summed E-state index contributed by atoms with van der Waals surface area (Å²) in [4.78, 5) is 15.1. The molecule has 0 saturated heterocycles. The van der Waals surface area contributed by atoms with E-state index in [1.807, 2.05) is 44.2 Å². The second kappa shape index (κ2) is 10.5. The van der Waals surface area contributed by atoms with E-state index in [1.165, 1.54) is 11.8 Å². The van der Waals surface area contributed by atoms with E-state index in [0.29, 0.717) is 20.8 Å². The molecule has 2 aromatic carbocycles. The Morgan fingerprint density at radius 1 is 1.22 bits per heavy atom. The van der Waals surface area contributed by atoms with Crippen molar-refractivity contribution in [2.75, 3.05) is 25.5 Å². The van der Waals surface area contributed by atoms with Crippen LogP contribution < -0.4 is 10.1 Å². The highest BCUT2D eigenvalue weighted by Gasteiger charge is 2.25. The third-order valence-corrected chi connectivity index (χ3v) is 6.02. The standard InChI is InChI=1S/C20H23ClN2O2S2/c1-4-23(5-2)20(26)27-18(14-9-7-6-8-10-14)19(24)22-15-11-12-17(25-3)16(21)13-15/h6-13,18H,4-5H2,1-3H3,(H,22,24). The van der Waals surface area contributed by atoms with Gasteiger partial charge in [0.15, 0.2) is 0 Å². The monoisotopic (exact) mass is 422 g/mol. The molecule has 2 aromatic rings. The number of halogens is 1. The Morgan fingerprint density at radius 2 is 1.89 bits per heavy atom. The molecule has 1 atom stereocenters. The van der Waals surface area contributed by atoms with Gasteiger partial charge < -0.3 is 15.0 Å². The molecule has 0 radical (unpaired) electrons. The van der Waals surface area contributed by atoms with Crippen LogP contribution in [0.3, 0.4) is 0 Å². The number of hydrogen-bond donors (Lipinski definition) is 1. The minimum Gasteiger partial charge on any atom is -0.495 e. The van der Waals surface area contributed by atoms with Gasteiger partial charge in [-0.25, -0.2) is 0 Å². The molecular formula is C20H23ClN2O2S2. The van der Waals surface area contributed by atoms with E-state index >= 15 is 0 Å². The fraction of sp³-hybridized carbons (Fsp3) is 0.300. The van der Waals surface area contributed by atoms with Crippen molar-refractivity contribution in [3.05, 3.63) is 59.1 Å². The average molecular weight is 423 g/mol. The molecule has 0 aliphatic carbocycles. The number of methoxy groups -OCH3 is 1. The van der Waals surface area contributed by atoms with Gasteiger partial charge in [0.2, 0.25) is 5.91 Å². The van der Waals surface area contributed by atoms with Gasteiger partial charge in [-0.15, -0.1) is 0 Å². The summed E-state index contributed by atoms with van der Waals surface area (Å²) in [6.07, 6.45) is 0. The minimum atomic E-state index is -0.458. The van der Waals surface area contributed by atoms with Crippen LogP contribution >= 0.6 is 35.6 Å². The van der Waals surface area contributed by atoms with Gasteiger partial charge in [-0.1, -0.05) is 65.9 Å². The van der Waals surface area contributed by atoms with Crippen molar-refractivity contribution in [1.82, 2.24) is 4.90 Å². The number of nitrogens with zero attached hydrogens (tertiary/aromatic N) is 1. The van der Waals surface area contributed by atoms with Crippen LogP contribution in [0.25, 0.3) is 0 Å². The van der Waals surface area contributed by atoms with E-state index in [2.05, 4.69) is 10.2 Å². The number of benzene rings is 2. The summed E-state index contributed by atoms with van der Waals surface area (Å²) < 4.78 is 5.86. The number of hydrogen-bond acceptors (Lipinski definition) is 4. The molecule has 0 aliphatic rings. The van der Waals surface area contributed by atoms with Crippen molar-refractivity contribution in [3.63, 3.8) is 0 Å². The van der Waals surface area contributed by atoms with Crippen LogP contribution in [-0.4, -0.2) is 35.3 Å². The molecule has 27 heavy (non-hydrogen) atoms. The SMILES string of the molecule is CCN(CC)C(=S)SC(C(=O)Nc1ccc(OC)c(Cl)c1)c1ccccc1. The minimum absolute atomic E-state index is 0.151. The van der Waals surface area contributed by atoms with Crippen molar-refractivity contribution in [3.8, 4) is 5.75 Å². The lowest BCUT2D eigenvalue weighted by molar-refractivity contribution is -0.115. The van der Waals surface area contributed by atoms with Crippen LogP contribution in [0, 0.1) is 0 Å². The number of ether oxygens (including phenoxy) is 1. The van der Waals surface area contributed by atoms with E-state index in [-0.39, 0.29) is 5.91 Å². The molecule has 1 N–H and O–H groups in total. The van der Waals surface area contributed by atoms with Gasteiger partial charge in [0.05, 0.1) is 12.1 Å². The molecule has 0 fully saturated rings. The number of amides is 1. The zero-order chi connectivity index (χ0) is 19.8. The number of anilines is 1. The smallest absolute Gasteiger partial charge is 0.242 e.